The number of methoxy groups -OCH3 is 1. The molecule has 0 heterocycles. The van der Waals surface area contributed by atoms with Gasteiger partial charge in [-0.3, -0.25) is 0 Å². The van der Waals surface area contributed by atoms with Crippen LogP contribution in [0.4, 0.5) is 10.1 Å². The van der Waals surface area contributed by atoms with Crippen LogP contribution >= 0.6 is 24.0 Å². The van der Waals surface area contributed by atoms with Gasteiger partial charge in [0.1, 0.15) is 0 Å². The Balaban J connectivity index is 0.00000288. The predicted molar refractivity (Wildman–Crippen MR) is 108 cm³/mol. The smallest absolute Gasteiger partial charge is 0.193 e. The third-order valence-electron chi connectivity index (χ3n) is 3.47. The molecule has 2 aromatic rings. The van der Waals surface area contributed by atoms with Gasteiger partial charge < -0.3 is 15.8 Å². The molecule has 2 aromatic carbocycles. The maximum atomic E-state index is 13.6. The molecule has 0 radical (unpaired) electrons. The molecule has 6 heteroatoms. The van der Waals surface area contributed by atoms with Crippen LogP contribution in [-0.4, -0.2) is 13.1 Å². The minimum absolute atomic E-state index is 0. The number of hydrogen-bond donors (Lipinski definition) is 2. The zero-order valence-corrected chi connectivity index (χ0v) is 16.4. The molecule has 0 aliphatic rings. The van der Waals surface area contributed by atoms with E-state index in [0.717, 1.165) is 11.3 Å². The largest absolute Gasteiger partial charge is 0.494 e. The van der Waals surface area contributed by atoms with Crippen LogP contribution in [0.15, 0.2) is 47.5 Å². The van der Waals surface area contributed by atoms with Gasteiger partial charge >= 0.3 is 0 Å². The van der Waals surface area contributed by atoms with Crippen molar-refractivity contribution in [2.24, 2.45) is 10.7 Å². The quantitative estimate of drug-likeness (QED) is 0.407. The third-order valence-corrected chi connectivity index (χ3v) is 3.47. The molecule has 130 valence electrons. The van der Waals surface area contributed by atoms with E-state index < -0.39 is 5.82 Å². The number of anilines is 1. The molecule has 0 amide bonds. The van der Waals surface area contributed by atoms with Crippen LogP contribution in [0, 0.1) is 5.82 Å². The summed E-state index contributed by atoms with van der Waals surface area (Å²) in [5.74, 6) is 0.546. The lowest BCUT2D eigenvalue weighted by Crippen LogP contribution is -2.22. The number of halogens is 2. The highest BCUT2D eigenvalue weighted by atomic mass is 127. The molecule has 0 spiro atoms. The average Bonchev–Trinajstić information content (AvgIpc) is 2.53. The van der Waals surface area contributed by atoms with Gasteiger partial charge in [-0.1, -0.05) is 32.0 Å². The maximum Gasteiger partial charge on any atom is 0.193 e. The molecular formula is C18H23FIN3O. The van der Waals surface area contributed by atoms with Crippen molar-refractivity contribution in [2.75, 3.05) is 12.4 Å². The van der Waals surface area contributed by atoms with Crippen LogP contribution in [0.3, 0.4) is 0 Å². The molecule has 0 atom stereocenters. The summed E-state index contributed by atoms with van der Waals surface area (Å²) in [6, 6.07) is 12.8. The van der Waals surface area contributed by atoms with Gasteiger partial charge in [-0.15, -0.1) is 24.0 Å². The number of nitrogens with one attached hydrogen (secondary N) is 1. The molecule has 2 rings (SSSR count). The lowest BCUT2D eigenvalue weighted by Gasteiger charge is -2.10. The average molecular weight is 443 g/mol. The Kier molecular flexibility index (Phi) is 7.97. The Labute approximate surface area is 159 Å². The summed E-state index contributed by atoms with van der Waals surface area (Å²) in [5, 5.41) is 3.05. The van der Waals surface area contributed by atoms with Crippen molar-refractivity contribution < 1.29 is 9.13 Å². The van der Waals surface area contributed by atoms with Crippen LogP contribution < -0.4 is 15.8 Å². The highest BCUT2D eigenvalue weighted by Crippen LogP contribution is 2.19. The number of nitrogens with zero attached hydrogens (tertiary/aromatic N) is 1. The molecule has 0 aliphatic heterocycles. The topological polar surface area (TPSA) is 59.6 Å². The summed E-state index contributed by atoms with van der Waals surface area (Å²) >= 11 is 0. The number of aliphatic imine (C=N–C) groups is 1. The van der Waals surface area contributed by atoms with E-state index in [2.05, 4.69) is 30.2 Å². The number of guanidine groups is 1. The van der Waals surface area contributed by atoms with E-state index in [1.54, 1.807) is 12.1 Å². The van der Waals surface area contributed by atoms with Crippen LogP contribution in [0.25, 0.3) is 0 Å². The Morgan fingerprint density at radius 1 is 1.25 bits per heavy atom. The van der Waals surface area contributed by atoms with E-state index in [1.807, 2.05) is 18.2 Å². The summed E-state index contributed by atoms with van der Waals surface area (Å²) < 4.78 is 18.5. The van der Waals surface area contributed by atoms with Crippen molar-refractivity contribution in [3.63, 3.8) is 0 Å². The number of ether oxygens (including phenoxy) is 1. The zero-order chi connectivity index (χ0) is 16.8. The third kappa shape index (κ3) is 5.67. The van der Waals surface area contributed by atoms with E-state index in [1.165, 1.54) is 18.7 Å². The fourth-order valence-corrected chi connectivity index (χ4v) is 2.15. The van der Waals surface area contributed by atoms with Crippen molar-refractivity contribution in [1.29, 1.82) is 0 Å². The molecule has 0 aliphatic carbocycles. The molecule has 0 bridgehead atoms. The SMILES string of the molecule is COc1ccc(CN=C(N)Nc2cccc(C(C)C)c2)cc1F.I. The molecule has 3 N–H and O–H groups in total. The summed E-state index contributed by atoms with van der Waals surface area (Å²) in [7, 11) is 1.43. The Morgan fingerprint density at radius 2 is 2.00 bits per heavy atom. The van der Waals surface area contributed by atoms with E-state index in [9.17, 15) is 4.39 Å². The van der Waals surface area contributed by atoms with Crippen molar-refractivity contribution >= 4 is 35.6 Å². The molecule has 0 saturated heterocycles. The lowest BCUT2D eigenvalue weighted by atomic mass is 10.0. The first kappa shape index (κ1) is 20.2. The zero-order valence-electron chi connectivity index (χ0n) is 14.0. The van der Waals surface area contributed by atoms with Crippen molar-refractivity contribution in [2.45, 2.75) is 26.3 Å². The normalized spacial score (nSPS) is 11.1. The second-order valence-electron chi connectivity index (χ2n) is 5.58. The monoisotopic (exact) mass is 443 g/mol. The van der Waals surface area contributed by atoms with Gasteiger partial charge in [0.05, 0.1) is 13.7 Å². The second kappa shape index (κ2) is 9.46. The van der Waals surface area contributed by atoms with Crippen LogP contribution in [0.2, 0.25) is 0 Å². The summed E-state index contributed by atoms with van der Waals surface area (Å²) in [6.45, 7) is 4.56. The van der Waals surface area contributed by atoms with Crippen molar-refractivity contribution in [1.82, 2.24) is 0 Å². The van der Waals surface area contributed by atoms with Crippen LogP contribution in [-0.2, 0) is 6.54 Å². The van der Waals surface area contributed by atoms with E-state index >= 15 is 0 Å². The summed E-state index contributed by atoms with van der Waals surface area (Å²) in [4.78, 5) is 4.24. The predicted octanol–water partition coefficient (Wildman–Crippen LogP) is 4.50. The fraction of sp³-hybridized carbons (Fsp3) is 0.278. The fourth-order valence-electron chi connectivity index (χ4n) is 2.15. The Bertz CT molecular complexity index is 704. The summed E-state index contributed by atoms with van der Waals surface area (Å²) in [5.41, 5.74) is 8.73. The van der Waals surface area contributed by atoms with Crippen molar-refractivity contribution in [3.8, 4) is 5.75 Å². The lowest BCUT2D eigenvalue weighted by molar-refractivity contribution is 0.386. The van der Waals surface area contributed by atoms with Gasteiger partial charge in [0.25, 0.3) is 0 Å². The van der Waals surface area contributed by atoms with E-state index in [0.29, 0.717) is 18.4 Å². The molecule has 0 saturated carbocycles. The number of benzene rings is 2. The molecule has 0 unspecified atom stereocenters. The standard InChI is InChI=1S/C18H22FN3O.HI/c1-12(2)14-5-4-6-15(10-14)22-18(20)21-11-13-7-8-17(23-3)16(19)9-13;/h4-10,12H,11H2,1-3H3,(H3,20,21,22);1H. The minimum atomic E-state index is -0.406. The van der Waals surface area contributed by atoms with Gasteiger partial charge in [-0.25, -0.2) is 9.38 Å². The number of rotatable bonds is 5. The van der Waals surface area contributed by atoms with E-state index in [-0.39, 0.29) is 29.7 Å². The van der Waals surface area contributed by atoms with Crippen LogP contribution in [0.5, 0.6) is 5.75 Å². The first-order valence-electron chi connectivity index (χ1n) is 7.49. The van der Waals surface area contributed by atoms with Gasteiger partial charge in [0.2, 0.25) is 0 Å². The Morgan fingerprint density at radius 3 is 2.62 bits per heavy atom. The molecule has 24 heavy (non-hydrogen) atoms. The van der Waals surface area contributed by atoms with Crippen LogP contribution in [0.1, 0.15) is 30.9 Å². The molecule has 4 nitrogen and oxygen atoms in total. The molecule has 0 fully saturated rings. The number of nitrogens with two attached hydrogens (primary N) is 1. The maximum absolute atomic E-state index is 13.6. The second-order valence-corrected chi connectivity index (χ2v) is 5.58. The van der Waals surface area contributed by atoms with Gasteiger partial charge in [0, 0.05) is 5.69 Å². The van der Waals surface area contributed by atoms with Crippen molar-refractivity contribution in [3.05, 3.63) is 59.4 Å². The first-order chi connectivity index (χ1) is 11.0. The highest BCUT2D eigenvalue weighted by molar-refractivity contribution is 14.0. The first-order valence-corrected chi connectivity index (χ1v) is 7.49. The van der Waals surface area contributed by atoms with Gasteiger partial charge in [-0.2, -0.15) is 0 Å². The minimum Gasteiger partial charge on any atom is -0.494 e. The summed E-state index contributed by atoms with van der Waals surface area (Å²) in [6.07, 6.45) is 0. The number of hydrogen-bond acceptors (Lipinski definition) is 2. The molecular weight excluding hydrogens is 420 g/mol. The molecule has 0 aromatic heterocycles. The van der Waals surface area contributed by atoms with Gasteiger partial charge in [-0.05, 0) is 41.3 Å². The highest BCUT2D eigenvalue weighted by Gasteiger charge is 2.04. The Hall–Kier alpha value is -1.83. The van der Waals surface area contributed by atoms with Gasteiger partial charge in [0.15, 0.2) is 17.5 Å². The van der Waals surface area contributed by atoms with E-state index in [4.69, 9.17) is 10.5 Å².